The lowest BCUT2D eigenvalue weighted by atomic mass is 9.96. The zero-order chi connectivity index (χ0) is 20.4. The summed E-state index contributed by atoms with van der Waals surface area (Å²) in [6.07, 6.45) is 5.11. The molecule has 7 heteroatoms. The molecule has 1 heterocycles. The molecule has 5 nitrogen and oxygen atoms in total. The van der Waals surface area contributed by atoms with E-state index in [-0.39, 0.29) is 11.3 Å². The molecule has 3 aromatic rings. The van der Waals surface area contributed by atoms with Crippen molar-refractivity contribution in [3.63, 3.8) is 0 Å². The molecule has 0 aliphatic heterocycles. The summed E-state index contributed by atoms with van der Waals surface area (Å²) in [7, 11) is -3.93. The Hall–Kier alpha value is -2.22. The van der Waals surface area contributed by atoms with E-state index in [1.54, 1.807) is 23.5 Å². The van der Waals surface area contributed by atoms with E-state index in [0.29, 0.717) is 6.42 Å². The van der Waals surface area contributed by atoms with E-state index in [9.17, 15) is 18.3 Å². The van der Waals surface area contributed by atoms with E-state index in [0.717, 1.165) is 28.5 Å². The number of aliphatic carboxylic acids is 1. The molecule has 1 aliphatic rings. The maximum atomic E-state index is 12.9. The molecule has 1 unspecified atom stereocenters. The second kappa shape index (κ2) is 8.26. The maximum absolute atomic E-state index is 12.9. The monoisotopic (exact) mass is 429 g/mol. The number of hydrogen-bond donors (Lipinski definition) is 2. The van der Waals surface area contributed by atoms with Crippen molar-refractivity contribution in [2.45, 2.75) is 49.5 Å². The van der Waals surface area contributed by atoms with Gasteiger partial charge in [-0.1, -0.05) is 36.4 Å². The fourth-order valence-corrected chi connectivity index (χ4v) is 6.51. The molecule has 0 saturated carbocycles. The van der Waals surface area contributed by atoms with Gasteiger partial charge in [0.15, 0.2) is 0 Å². The summed E-state index contributed by atoms with van der Waals surface area (Å²) in [4.78, 5) is 13.1. The summed E-state index contributed by atoms with van der Waals surface area (Å²) in [6.45, 7) is 0. The number of rotatable bonds is 7. The van der Waals surface area contributed by atoms with Gasteiger partial charge in [-0.25, -0.2) is 8.42 Å². The molecule has 2 aromatic carbocycles. The van der Waals surface area contributed by atoms with E-state index in [1.165, 1.54) is 23.3 Å². The van der Waals surface area contributed by atoms with Crippen LogP contribution in [-0.4, -0.2) is 25.5 Å². The Labute approximate surface area is 174 Å². The van der Waals surface area contributed by atoms with Crippen LogP contribution >= 0.6 is 11.3 Å². The molecule has 0 amide bonds. The molecule has 29 heavy (non-hydrogen) atoms. The third-order valence-corrected chi connectivity index (χ3v) is 8.12. The minimum Gasteiger partial charge on any atom is -0.480 e. The third kappa shape index (κ3) is 4.37. The van der Waals surface area contributed by atoms with Gasteiger partial charge in [0.05, 0.1) is 4.90 Å². The van der Waals surface area contributed by atoms with Gasteiger partial charge >= 0.3 is 5.97 Å². The van der Waals surface area contributed by atoms with Crippen LogP contribution in [0.25, 0.3) is 10.1 Å². The van der Waals surface area contributed by atoms with Gasteiger partial charge in [-0.2, -0.15) is 4.72 Å². The Bertz CT molecular complexity index is 1140. The summed E-state index contributed by atoms with van der Waals surface area (Å²) >= 11 is 1.65. The average Bonchev–Trinajstić information content (AvgIpc) is 3.09. The van der Waals surface area contributed by atoms with Crippen molar-refractivity contribution in [2.24, 2.45) is 0 Å². The van der Waals surface area contributed by atoms with Crippen molar-refractivity contribution >= 4 is 37.4 Å². The van der Waals surface area contributed by atoms with E-state index in [1.807, 2.05) is 36.4 Å². The van der Waals surface area contributed by atoms with Gasteiger partial charge in [-0.05, 0) is 67.2 Å². The number of carboxylic acid groups (broad SMARTS) is 1. The molecule has 152 valence electrons. The second-order valence-electron chi connectivity index (χ2n) is 7.41. The van der Waals surface area contributed by atoms with Gasteiger partial charge in [0.25, 0.3) is 0 Å². The molecule has 1 aliphatic carbocycles. The molecule has 1 atom stereocenters. The fourth-order valence-electron chi connectivity index (χ4n) is 3.86. The summed E-state index contributed by atoms with van der Waals surface area (Å²) in [5, 5.41) is 10.6. The molecule has 0 spiro atoms. The number of hydrogen-bond acceptors (Lipinski definition) is 4. The lowest BCUT2D eigenvalue weighted by Gasteiger charge is -2.15. The molecule has 0 radical (unpaired) electrons. The zero-order valence-corrected chi connectivity index (χ0v) is 17.6. The standard InChI is InChI=1S/C22H23NO4S2/c24-22(25)19(13-10-15-6-2-1-3-7-15)23-29(26,27)16-11-12-18-17-8-4-5-9-20(17)28-21(18)14-16/h1-3,6-7,11-12,14,19,23H,4-5,8-10,13H2,(H,24,25). The molecule has 4 rings (SSSR count). The summed E-state index contributed by atoms with van der Waals surface area (Å²) in [6, 6.07) is 13.4. The lowest BCUT2D eigenvalue weighted by molar-refractivity contribution is -0.139. The maximum Gasteiger partial charge on any atom is 0.321 e. The third-order valence-electron chi connectivity index (χ3n) is 5.40. The number of benzene rings is 2. The van der Waals surface area contributed by atoms with Crippen LogP contribution in [0.3, 0.4) is 0 Å². The highest BCUT2D eigenvalue weighted by atomic mass is 32.2. The number of carbonyl (C=O) groups is 1. The Balaban J connectivity index is 1.55. The second-order valence-corrected chi connectivity index (χ2v) is 10.3. The van der Waals surface area contributed by atoms with Crippen molar-refractivity contribution < 1.29 is 18.3 Å². The van der Waals surface area contributed by atoms with E-state index in [2.05, 4.69) is 4.72 Å². The number of nitrogens with one attached hydrogen (secondary N) is 1. The Morgan fingerprint density at radius 1 is 1.10 bits per heavy atom. The van der Waals surface area contributed by atoms with Gasteiger partial charge in [0.1, 0.15) is 6.04 Å². The molecule has 2 N–H and O–H groups in total. The Morgan fingerprint density at radius 2 is 1.86 bits per heavy atom. The lowest BCUT2D eigenvalue weighted by Crippen LogP contribution is -2.41. The SMILES string of the molecule is O=C(O)C(CCc1ccccc1)NS(=O)(=O)c1ccc2c3c(sc2c1)CCCC3. The quantitative estimate of drug-likeness (QED) is 0.591. The minimum absolute atomic E-state index is 0.120. The Kier molecular flexibility index (Phi) is 5.72. The van der Waals surface area contributed by atoms with Gasteiger partial charge in [0.2, 0.25) is 10.0 Å². The normalized spacial score (nSPS) is 15.2. The van der Waals surface area contributed by atoms with Crippen LogP contribution in [0.4, 0.5) is 0 Å². The molecule has 1 aromatic heterocycles. The number of carboxylic acids is 1. The Morgan fingerprint density at radius 3 is 2.62 bits per heavy atom. The largest absolute Gasteiger partial charge is 0.480 e. The average molecular weight is 430 g/mol. The molecular formula is C22H23NO4S2. The highest BCUT2D eigenvalue weighted by molar-refractivity contribution is 7.89. The summed E-state index contributed by atoms with van der Waals surface area (Å²) < 4.78 is 29.1. The first-order valence-corrected chi connectivity index (χ1v) is 12.1. The molecular weight excluding hydrogens is 406 g/mol. The molecule has 0 fully saturated rings. The summed E-state index contributed by atoms with van der Waals surface area (Å²) in [5.41, 5.74) is 2.32. The van der Waals surface area contributed by atoms with Crippen molar-refractivity contribution in [2.75, 3.05) is 0 Å². The number of aryl methyl sites for hydroxylation is 3. The first-order chi connectivity index (χ1) is 13.9. The summed E-state index contributed by atoms with van der Waals surface area (Å²) in [5.74, 6) is -1.17. The van der Waals surface area contributed by atoms with Crippen molar-refractivity contribution in [3.8, 4) is 0 Å². The smallest absolute Gasteiger partial charge is 0.321 e. The number of sulfonamides is 1. The van der Waals surface area contributed by atoms with E-state index in [4.69, 9.17) is 0 Å². The van der Waals surface area contributed by atoms with Crippen LogP contribution in [0.1, 0.15) is 35.3 Å². The van der Waals surface area contributed by atoms with Crippen LogP contribution in [-0.2, 0) is 34.1 Å². The van der Waals surface area contributed by atoms with Crippen LogP contribution in [0, 0.1) is 0 Å². The van der Waals surface area contributed by atoms with E-state index < -0.39 is 22.0 Å². The first-order valence-electron chi connectivity index (χ1n) is 9.77. The fraction of sp³-hybridized carbons (Fsp3) is 0.318. The van der Waals surface area contributed by atoms with E-state index >= 15 is 0 Å². The van der Waals surface area contributed by atoms with Crippen molar-refractivity contribution in [1.29, 1.82) is 0 Å². The van der Waals surface area contributed by atoms with Crippen LogP contribution < -0.4 is 4.72 Å². The van der Waals surface area contributed by atoms with Crippen LogP contribution in [0.5, 0.6) is 0 Å². The van der Waals surface area contributed by atoms with Crippen LogP contribution in [0.15, 0.2) is 53.4 Å². The van der Waals surface area contributed by atoms with Gasteiger partial charge in [-0.15, -0.1) is 11.3 Å². The van der Waals surface area contributed by atoms with Gasteiger partial charge in [-0.3, -0.25) is 4.79 Å². The molecule has 0 saturated heterocycles. The van der Waals surface area contributed by atoms with Crippen molar-refractivity contribution in [1.82, 2.24) is 4.72 Å². The zero-order valence-electron chi connectivity index (χ0n) is 15.9. The number of fused-ring (bicyclic) bond motifs is 3. The first kappa shape index (κ1) is 20.1. The highest BCUT2D eigenvalue weighted by Crippen LogP contribution is 2.37. The topological polar surface area (TPSA) is 83.5 Å². The predicted octanol–water partition coefficient (Wildman–Crippen LogP) is 4.14. The highest BCUT2D eigenvalue weighted by Gasteiger charge is 2.26. The minimum atomic E-state index is -3.93. The van der Waals surface area contributed by atoms with Crippen molar-refractivity contribution in [3.05, 3.63) is 64.5 Å². The van der Waals surface area contributed by atoms with Crippen LogP contribution in [0.2, 0.25) is 0 Å². The van der Waals surface area contributed by atoms with Gasteiger partial charge < -0.3 is 5.11 Å². The number of thiophene rings is 1. The predicted molar refractivity (Wildman–Crippen MR) is 115 cm³/mol. The van der Waals surface area contributed by atoms with Gasteiger partial charge in [0, 0.05) is 9.58 Å². The molecule has 0 bridgehead atoms.